The first-order valence-corrected chi connectivity index (χ1v) is 11.0. The molecular weight excluding hydrogens is 444 g/mol. The van der Waals surface area contributed by atoms with E-state index in [9.17, 15) is 13.6 Å². The Kier molecular flexibility index (Phi) is 5.11. The molecule has 1 aliphatic heterocycles. The molecule has 5 nitrogen and oxygen atoms in total. The Hall–Kier alpha value is -1.38. The van der Waals surface area contributed by atoms with E-state index in [-0.39, 0.29) is 10.4 Å². The van der Waals surface area contributed by atoms with Crippen LogP contribution in [-0.2, 0) is 21.5 Å². The van der Waals surface area contributed by atoms with Crippen molar-refractivity contribution < 1.29 is 22.8 Å². The third-order valence-electron chi connectivity index (χ3n) is 7.16. The van der Waals surface area contributed by atoms with Crippen LogP contribution < -0.4 is 5.73 Å². The van der Waals surface area contributed by atoms with Crippen LogP contribution in [0.1, 0.15) is 50.2 Å². The number of fused-ring (bicyclic) bond motifs is 3. The number of quaternary nitrogens is 1. The van der Waals surface area contributed by atoms with Crippen LogP contribution in [0, 0.1) is 5.41 Å². The Labute approximate surface area is 178 Å². The van der Waals surface area contributed by atoms with E-state index in [1.54, 1.807) is 0 Å². The van der Waals surface area contributed by atoms with Gasteiger partial charge in [0.05, 0.1) is 19.7 Å². The monoisotopic (exact) mass is 470 g/mol. The number of hydrogen-bond donors (Lipinski definition) is 1. The number of benzene rings is 1. The molecule has 0 bridgehead atoms. The number of ether oxygens (including phenoxy) is 1. The maximum atomic E-state index is 14.1. The van der Waals surface area contributed by atoms with Crippen LogP contribution in [0.15, 0.2) is 27.7 Å². The summed E-state index contributed by atoms with van der Waals surface area (Å²) in [4.78, 5) is 19.0. The Balaban J connectivity index is 1.81. The highest BCUT2D eigenvalue weighted by Gasteiger charge is 2.72. The normalized spacial score (nSPS) is 36.3. The summed E-state index contributed by atoms with van der Waals surface area (Å²) < 4.78 is 31.1. The lowest BCUT2D eigenvalue weighted by atomic mass is 9.61. The zero-order chi connectivity index (χ0) is 21.0. The number of nitrogens with two attached hydrogens (primary N) is 1. The van der Waals surface area contributed by atoms with Gasteiger partial charge in [-0.3, -0.25) is 0 Å². The molecule has 1 amide bonds. The van der Waals surface area contributed by atoms with Gasteiger partial charge in [-0.05, 0) is 61.8 Å². The Morgan fingerprint density at radius 3 is 2.69 bits per heavy atom. The Morgan fingerprint density at radius 1 is 1.38 bits per heavy atom. The predicted octanol–water partition coefficient (Wildman–Crippen LogP) is 4.08. The first-order valence-electron chi connectivity index (χ1n) is 10.2. The van der Waals surface area contributed by atoms with Crippen molar-refractivity contribution in [3.8, 4) is 0 Å². The van der Waals surface area contributed by atoms with Gasteiger partial charge in [-0.25, -0.2) is 4.79 Å². The number of alkyl halides is 2. The smallest absolute Gasteiger partial charge is 0.337 e. The van der Waals surface area contributed by atoms with Crippen molar-refractivity contribution in [3.05, 3.63) is 33.8 Å². The molecule has 1 aromatic rings. The van der Waals surface area contributed by atoms with Gasteiger partial charge in [0.15, 0.2) is 0 Å². The van der Waals surface area contributed by atoms with Crippen LogP contribution in [0.2, 0.25) is 0 Å². The van der Waals surface area contributed by atoms with Crippen LogP contribution in [0.4, 0.5) is 8.78 Å². The molecule has 1 saturated carbocycles. The molecule has 4 rings (SSSR count). The topological polar surface area (TPSA) is 64.7 Å². The second-order valence-electron chi connectivity index (χ2n) is 8.76. The number of amides is 1. The summed E-state index contributed by atoms with van der Waals surface area (Å²) in [6.07, 6.45) is 3.20. The van der Waals surface area contributed by atoms with Crippen LogP contribution in [-0.4, -0.2) is 42.7 Å². The predicted molar refractivity (Wildman–Crippen MR) is 109 cm³/mol. The van der Waals surface area contributed by atoms with Gasteiger partial charge in [-0.15, -0.1) is 0 Å². The molecule has 1 aromatic carbocycles. The highest BCUT2D eigenvalue weighted by molar-refractivity contribution is 9.10. The third-order valence-corrected chi connectivity index (χ3v) is 7.65. The number of hydrogen-bond acceptors (Lipinski definition) is 4. The largest absolute Gasteiger partial charge is 0.354 e. The van der Waals surface area contributed by atoms with Crippen molar-refractivity contribution >= 4 is 27.8 Å². The van der Waals surface area contributed by atoms with Crippen molar-refractivity contribution in [1.82, 2.24) is 0 Å². The fourth-order valence-electron chi connectivity index (χ4n) is 5.76. The van der Waals surface area contributed by atoms with Gasteiger partial charge in [-0.2, -0.15) is 18.3 Å². The van der Waals surface area contributed by atoms with Crippen LogP contribution in [0.5, 0.6) is 0 Å². The minimum absolute atomic E-state index is 0.00116. The fourth-order valence-corrected chi connectivity index (χ4v) is 6.12. The number of carbonyl (C=O) groups is 1. The summed E-state index contributed by atoms with van der Waals surface area (Å²) in [5.41, 5.74) is 6.88. The minimum atomic E-state index is -2.77. The van der Waals surface area contributed by atoms with E-state index in [4.69, 9.17) is 15.5 Å². The molecule has 2 N–H and O–H groups in total. The summed E-state index contributed by atoms with van der Waals surface area (Å²) >= 11 is 3.54. The zero-order valence-electron chi connectivity index (χ0n) is 16.8. The number of halogens is 3. The molecule has 29 heavy (non-hydrogen) atoms. The molecule has 0 saturated heterocycles. The van der Waals surface area contributed by atoms with Crippen molar-refractivity contribution in [2.45, 2.75) is 63.7 Å². The number of aliphatic imine (C=N–C) groups is 1. The van der Waals surface area contributed by atoms with E-state index in [2.05, 4.69) is 15.9 Å². The lowest BCUT2D eigenvalue weighted by Gasteiger charge is -2.44. The number of rotatable bonds is 4. The summed E-state index contributed by atoms with van der Waals surface area (Å²) in [6.45, 7) is -0.158. The quantitative estimate of drug-likeness (QED) is 0.674. The van der Waals surface area contributed by atoms with Gasteiger partial charge in [0.25, 0.3) is 0 Å². The van der Waals surface area contributed by atoms with Crippen molar-refractivity contribution in [3.63, 3.8) is 0 Å². The molecule has 2 unspecified atom stereocenters. The van der Waals surface area contributed by atoms with Crippen LogP contribution in [0.3, 0.4) is 0 Å². The van der Waals surface area contributed by atoms with Crippen LogP contribution in [0.25, 0.3) is 0 Å². The SMILES string of the molecule is CCC[N+]1(C)C(=O)C2(N=C1N)c1cc(Br)ccc1CC21CCC(OC(F)F)CC1. The van der Waals surface area contributed by atoms with Gasteiger partial charge in [-0.1, -0.05) is 28.9 Å². The molecular formula is C21H27BrF2N3O2+. The second-order valence-corrected chi connectivity index (χ2v) is 9.67. The average molecular weight is 471 g/mol. The Morgan fingerprint density at radius 2 is 2.07 bits per heavy atom. The minimum Gasteiger partial charge on any atom is -0.337 e. The van der Waals surface area contributed by atoms with Gasteiger partial charge >= 0.3 is 18.5 Å². The van der Waals surface area contributed by atoms with Crippen molar-refractivity contribution in [2.75, 3.05) is 13.6 Å². The maximum absolute atomic E-state index is 14.1. The first-order chi connectivity index (χ1) is 13.7. The third kappa shape index (κ3) is 2.90. The van der Waals surface area contributed by atoms with Crippen molar-refractivity contribution in [2.24, 2.45) is 16.1 Å². The van der Waals surface area contributed by atoms with E-state index in [0.717, 1.165) is 22.0 Å². The summed E-state index contributed by atoms with van der Waals surface area (Å²) in [5.74, 6) is 0.344. The lowest BCUT2D eigenvalue weighted by molar-refractivity contribution is -0.741. The lowest BCUT2D eigenvalue weighted by Crippen LogP contribution is -2.60. The molecule has 2 spiro atoms. The number of likely N-dealkylation sites (N-methyl/N-ethyl adjacent to an activating group) is 1. The molecule has 158 valence electrons. The summed E-state index contributed by atoms with van der Waals surface area (Å²) in [6, 6.07) is 6.00. The van der Waals surface area contributed by atoms with Gasteiger partial charge in [0.1, 0.15) is 0 Å². The molecule has 8 heteroatoms. The standard InChI is InChI=1S/C21H27BrF2N3O2/c1-3-10-27(2)17(28)21(26-19(27)25)16-11-14(22)5-4-13(16)12-20(21)8-6-15(7-9-20)29-18(23)24/h4-5,11,15,18H,3,6-10,12H2,1-2H3,(H2,25,26)/q+1. The van der Waals surface area contributed by atoms with E-state index in [1.165, 1.54) is 0 Å². The second kappa shape index (κ2) is 7.10. The number of carbonyl (C=O) groups excluding carboxylic acids is 1. The number of guanidine groups is 1. The summed E-state index contributed by atoms with van der Waals surface area (Å²) in [5, 5.41) is 0. The average Bonchev–Trinajstić information content (AvgIpc) is 3.03. The number of nitrogens with zero attached hydrogens (tertiary/aromatic N) is 2. The maximum Gasteiger partial charge on any atom is 0.354 e. The molecule has 1 fully saturated rings. The molecule has 1 heterocycles. The van der Waals surface area contributed by atoms with Gasteiger partial charge in [0, 0.05) is 9.89 Å². The first kappa shape index (κ1) is 20.9. The molecule has 0 radical (unpaired) electrons. The van der Waals surface area contributed by atoms with E-state index >= 15 is 0 Å². The molecule has 2 atom stereocenters. The van der Waals surface area contributed by atoms with E-state index in [1.807, 2.05) is 32.2 Å². The Bertz CT molecular complexity index is 869. The van der Waals surface area contributed by atoms with Crippen LogP contribution >= 0.6 is 15.9 Å². The molecule has 2 aliphatic carbocycles. The molecule has 0 aromatic heterocycles. The fraction of sp³-hybridized carbons (Fsp3) is 0.619. The van der Waals surface area contributed by atoms with E-state index < -0.39 is 23.7 Å². The van der Waals surface area contributed by atoms with Gasteiger partial charge < -0.3 is 10.5 Å². The zero-order valence-corrected chi connectivity index (χ0v) is 18.3. The van der Waals surface area contributed by atoms with Crippen molar-refractivity contribution in [1.29, 1.82) is 0 Å². The van der Waals surface area contributed by atoms with E-state index in [0.29, 0.717) is 44.6 Å². The highest BCUT2D eigenvalue weighted by Crippen LogP contribution is 2.62. The van der Waals surface area contributed by atoms with Gasteiger partial charge in [0.2, 0.25) is 5.54 Å². The summed E-state index contributed by atoms with van der Waals surface area (Å²) in [7, 11) is 1.84. The molecule has 3 aliphatic rings. The highest BCUT2D eigenvalue weighted by atomic mass is 79.9.